The van der Waals surface area contributed by atoms with Crippen molar-refractivity contribution in [3.05, 3.63) is 53.4 Å². The first-order valence-electron chi connectivity index (χ1n) is 7.32. The SMILES string of the molecule is C/C=C/c1c(C(C)C)cc(OC)c(O)c1-c1ccc(F)cc1. The van der Waals surface area contributed by atoms with Gasteiger partial charge in [0.05, 0.1) is 7.11 Å². The second kappa shape index (κ2) is 6.65. The maximum absolute atomic E-state index is 13.2. The van der Waals surface area contributed by atoms with Crippen molar-refractivity contribution < 1.29 is 14.2 Å². The Hall–Kier alpha value is -2.29. The molecule has 0 aliphatic rings. The van der Waals surface area contributed by atoms with E-state index in [1.54, 1.807) is 12.1 Å². The minimum absolute atomic E-state index is 0.0756. The Kier molecular flexibility index (Phi) is 4.86. The van der Waals surface area contributed by atoms with Crippen LogP contribution in [0.25, 0.3) is 17.2 Å². The molecule has 22 heavy (non-hydrogen) atoms. The molecule has 0 saturated carbocycles. The van der Waals surface area contributed by atoms with Crippen LogP contribution in [0, 0.1) is 5.82 Å². The largest absolute Gasteiger partial charge is 0.504 e. The third-order valence-electron chi connectivity index (χ3n) is 3.65. The lowest BCUT2D eigenvalue weighted by atomic mass is 9.88. The predicted molar refractivity (Wildman–Crippen MR) is 88.8 cm³/mol. The molecule has 116 valence electrons. The molecule has 0 aliphatic heterocycles. The average Bonchev–Trinajstić information content (AvgIpc) is 2.49. The lowest BCUT2D eigenvalue weighted by Crippen LogP contribution is -1.98. The zero-order valence-corrected chi connectivity index (χ0v) is 13.4. The Morgan fingerprint density at radius 2 is 1.82 bits per heavy atom. The van der Waals surface area contributed by atoms with Crippen molar-refractivity contribution >= 4 is 6.08 Å². The maximum Gasteiger partial charge on any atom is 0.166 e. The molecule has 0 fully saturated rings. The van der Waals surface area contributed by atoms with Gasteiger partial charge in [0.1, 0.15) is 5.82 Å². The molecule has 0 spiro atoms. The summed E-state index contributed by atoms with van der Waals surface area (Å²) in [6, 6.07) is 7.98. The highest BCUT2D eigenvalue weighted by Crippen LogP contribution is 2.44. The summed E-state index contributed by atoms with van der Waals surface area (Å²) in [5.74, 6) is 0.464. The van der Waals surface area contributed by atoms with Gasteiger partial charge in [-0.1, -0.05) is 38.1 Å². The van der Waals surface area contributed by atoms with Gasteiger partial charge in [0.25, 0.3) is 0 Å². The number of hydrogen-bond acceptors (Lipinski definition) is 2. The summed E-state index contributed by atoms with van der Waals surface area (Å²) in [7, 11) is 1.53. The van der Waals surface area contributed by atoms with E-state index in [0.717, 1.165) is 16.7 Å². The van der Waals surface area contributed by atoms with Crippen LogP contribution in [0.15, 0.2) is 36.4 Å². The number of hydrogen-bond donors (Lipinski definition) is 1. The Balaban J connectivity index is 2.83. The first-order valence-corrected chi connectivity index (χ1v) is 7.32. The summed E-state index contributed by atoms with van der Waals surface area (Å²) in [5, 5.41) is 10.6. The van der Waals surface area contributed by atoms with Crippen LogP contribution < -0.4 is 4.74 Å². The normalized spacial score (nSPS) is 11.4. The van der Waals surface area contributed by atoms with Crippen molar-refractivity contribution in [2.75, 3.05) is 7.11 Å². The molecular formula is C19H21FO2. The van der Waals surface area contributed by atoms with Crippen molar-refractivity contribution in [3.63, 3.8) is 0 Å². The quantitative estimate of drug-likeness (QED) is 0.823. The zero-order valence-electron chi connectivity index (χ0n) is 13.4. The third-order valence-corrected chi connectivity index (χ3v) is 3.65. The third kappa shape index (κ3) is 2.98. The second-order valence-electron chi connectivity index (χ2n) is 5.47. The van der Waals surface area contributed by atoms with Crippen molar-refractivity contribution in [2.24, 2.45) is 0 Å². The highest BCUT2D eigenvalue weighted by molar-refractivity contribution is 5.84. The molecule has 2 rings (SSSR count). The molecule has 1 N–H and O–H groups in total. The molecule has 0 bridgehead atoms. The number of benzene rings is 2. The first kappa shape index (κ1) is 16.1. The van der Waals surface area contributed by atoms with Crippen LogP contribution in [0.4, 0.5) is 4.39 Å². The highest BCUT2D eigenvalue weighted by Gasteiger charge is 2.19. The molecule has 0 heterocycles. The molecule has 0 atom stereocenters. The second-order valence-corrected chi connectivity index (χ2v) is 5.47. The molecule has 2 nitrogen and oxygen atoms in total. The van der Waals surface area contributed by atoms with E-state index in [1.807, 2.05) is 25.1 Å². The fraction of sp³-hybridized carbons (Fsp3) is 0.263. The van der Waals surface area contributed by atoms with Gasteiger partial charge in [-0.15, -0.1) is 0 Å². The van der Waals surface area contributed by atoms with Crippen molar-refractivity contribution in [1.29, 1.82) is 0 Å². The number of phenolic OH excluding ortho intramolecular Hbond substituents is 1. The van der Waals surface area contributed by atoms with E-state index in [1.165, 1.54) is 19.2 Å². The number of phenols is 1. The van der Waals surface area contributed by atoms with E-state index in [4.69, 9.17) is 4.74 Å². The smallest absolute Gasteiger partial charge is 0.166 e. The lowest BCUT2D eigenvalue weighted by Gasteiger charge is -2.19. The van der Waals surface area contributed by atoms with Crippen LogP contribution in [-0.2, 0) is 0 Å². The fourth-order valence-corrected chi connectivity index (χ4v) is 2.57. The van der Waals surface area contributed by atoms with Crippen molar-refractivity contribution in [3.8, 4) is 22.6 Å². The van der Waals surface area contributed by atoms with Crippen LogP contribution in [0.2, 0.25) is 0 Å². The molecule has 0 saturated heterocycles. The molecular weight excluding hydrogens is 279 g/mol. The van der Waals surface area contributed by atoms with E-state index in [9.17, 15) is 9.50 Å². The Labute approximate surface area is 130 Å². The monoisotopic (exact) mass is 300 g/mol. The minimum atomic E-state index is -0.303. The van der Waals surface area contributed by atoms with Crippen LogP contribution in [0.1, 0.15) is 37.8 Å². The average molecular weight is 300 g/mol. The Morgan fingerprint density at radius 3 is 2.32 bits per heavy atom. The van der Waals surface area contributed by atoms with Crippen molar-refractivity contribution in [2.45, 2.75) is 26.7 Å². The Bertz CT molecular complexity index is 686. The molecule has 0 unspecified atom stereocenters. The summed E-state index contributed by atoms with van der Waals surface area (Å²) in [4.78, 5) is 0. The fourth-order valence-electron chi connectivity index (χ4n) is 2.57. The van der Waals surface area contributed by atoms with Gasteiger partial charge in [-0.2, -0.15) is 0 Å². The number of allylic oxidation sites excluding steroid dienone is 1. The van der Waals surface area contributed by atoms with Crippen LogP contribution >= 0.6 is 0 Å². The molecule has 0 aromatic heterocycles. The van der Waals surface area contributed by atoms with Gasteiger partial charge >= 0.3 is 0 Å². The van der Waals surface area contributed by atoms with Crippen LogP contribution in [0.5, 0.6) is 11.5 Å². The first-order chi connectivity index (χ1) is 10.5. The molecule has 2 aromatic carbocycles. The summed E-state index contributed by atoms with van der Waals surface area (Å²) in [5.41, 5.74) is 3.43. The number of rotatable bonds is 4. The highest BCUT2D eigenvalue weighted by atomic mass is 19.1. The maximum atomic E-state index is 13.2. The van der Waals surface area contributed by atoms with Crippen LogP contribution in [0.3, 0.4) is 0 Å². The lowest BCUT2D eigenvalue weighted by molar-refractivity contribution is 0.373. The molecule has 0 aliphatic carbocycles. The summed E-state index contributed by atoms with van der Waals surface area (Å²) in [6.07, 6.45) is 3.90. The summed E-state index contributed by atoms with van der Waals surface area (Å²) >= 11 is 0. The van der Waals surface area contributed by atoms with Gasteiger partial charge in [-0.3, -0.25) is 0 Å². The van der Waals surface area contributed by atoms with Crippen LogP contribution in [-0.4, -0.2) is 12.2 Å². The van der Waals surface area contributed by atoms with Gasteiger partial charge in [-0.25, -0.2) is 4.39 Å². The van der Waals surface area contributed by atoms with E-state index in [-0.39, 0.29) is 17.5 Å². The van der Waals surface area contributed by atoms with Gasteiger partial charge in [-0.05, 0) is 47.7 Å². The van der Waals surface area contributed by atoms with E-state index in [0.29, 0.717) is 11.3 Å². The standard InChI is InChI=1S/C19H21FO2/c1-5-6-15-16(12(2)3)11-17(22-4)19(21)18(15)13-7-9-14(20)10-8-13/h5-12,21H,1-4H3/b6-5+. The predicted octanol–water partition coefficient (Wildman–Crippen LogP) is 5.36. The molecule has 0 radical (unpaired) electrons. The topological polar surface area (TPSA) is 29.5 Å². The van der Waals surface area contributed by atoms with E-state index in [2.05, 4.69) is 13.8 Å². The van der Waals surface area contributed by atoms with Gasteiger partial charge < -0.3 is 9.84 Å². The zero-order chi connectivity index (χ0) is 16.3. The number of halogens is 1. The van der Waals surface area contributed by atoms with Gasteiger partial charge in [0, 0.05) is 5.56 Å². The number of ether oxygens (including phenoxy) is 1. The number of aromatic hydroxyl groups is 1. The van der Waals surface area contributed by atoms with Gasteiger partial charge in [0.15, 0.2) is 11.5 Å². The summed E-state index contributed by atoms with van der Waals surface area (Å²) in [6.45, 7) is 6.11. The van der Waals surface area contributed by atoms with Gasteiger partial charge in [0.2, 0.25) is 0 Å². The minimum Gasteiger partial charge on any atom is -0.504 e. The molecule has 2 aromatic rings. The van der Waals surface area contributed by atoms with E-state index >= 15 is 0 Å². The number of methoxy groups -OCH3 is 1. The molecule has 0 amide bonds. The molecule has 3 heteroatoms. The van der Waals surface area contributed by atoms with Crippen molar-refractivity contribution in [1.82, 2.24) is 0 Å². The summed E-state index contributed by atoms with van der Waals surface area (Å²) < 4.78 is 18.5. The Morgan fingerprint density at radius 1 is 1.18 bits per heavy atom. The van der Waals surface area contributed by atoms with E-state index < -0.39 is 0 Å².